The maximum atomic E-state index is 11.6. The first-order valence-electron chi connectivity index (χ1n) is 5.51. The van der Waals surface area contributed by atoms with E-state index < -0.39 is 30.4 Å². The summed E-state index contributed by atoms with van der Waals surface area (Å²) < 4.78 is 0. The van der Waals surface area contributed by atoms with Crippen molar-refractivity contribution in [2.24, 2.45) is 5.73 Å². The molecular weight excluding hydrogens is 270 g/mol. The highest BCUT2D eigenvalue weighted by Crippen LogP contribution is 2.17. The van der Waals surface area contributed by atoms with Crippen LogP contribution in [0, 0.1) is 0 Å². The molecule has 1 unspecified atom stereocenters. The van der Waals surface area contributed by atoms with E-state index in [1.807, 2.05) is 17.5 Å². The summed E-state index contributed by atoms with van der Waals surface area (Å²) in [6.45, 7) is 1.77. The van der Waals surface area contributed by atoms with Crippen molar-refractivity contribution in [1.82, 2.24) is 10.6 Å². The second kappa shape index (κ2) is 6.74. The number of nitrogens with one attached hydrogen (secondary N) is 2. The fourth-order valence-electron chi connectivity index (χ4n) is 1.41. The molecule has 8 heteroatoms. The Morgan fingerprint density at radius 1 is 1.42 bits per heavy atom. The third kappa shape index (κ3) is 4.96. The van der Waals surface area contributed by atoms with Crippen LogP contribution in [-0.4, -0.2) is 29.1 Å². The molecule has 1 aromatic heterocycles. The fraction of sp³-hybridized carbons (Fsp3) is 0.364. The minimum atomic E-state index is -1.33. The van der Waals surface area contributed by atoms with Crippen LogP contribution < -0.4 is 16.4 Å². The number of thiophene rings is 1. The number of amides is 3. The summed E-state index contributed by atoms with van der Waals surface area (Å²) in [5.41, 5.74) is 4.91. The van der Waals surface area contributed by atoms with E-state index >= 15 is 0 Å². The van der Waals surface area contributed by atoms with E-state index in [2.05, 4.69) is 10.6 Å². The number of urea groups is 1. The number of carboxylic acid groups (broad SMARTS) is 1. The van der Waals surface area contributed by atoms with Crippen LogP contribution >= 0.6 is 11.3 Å². The molecular formula is C11H15N3O4S. The summed E-state index contributed by atoms with van der Waals surface area (Å²) in [5.74, 6) is -2.10. The summed E-state index contributed by atoms with van der Waals surface area (Å²) in [5, 5.41) is 15.5. The van der Waals surface area contributed by atoms with Crippen molar-refractivity contribution in [3.8, 4) is 0 Å². The normalized spacial score (nSPS) is 13.3. The molecule has 0 aromatic carbocycles. The van der Waals surface area contributed by atoms with Gasteiger partial charge in [0.15, 0.2) is 0 Å². The molecule has 0 radical (unpaired) electrons. The fourth-order valence-corrected chi connectivity index (χ4v) is 2.14. The molecule has 0 aliphatic heterocycles. The average molecular weight is 285 g/mol. The molecule has 104 valence electrons. The van der Waals surface area contributed by atoms with Crippen molar-refractivity contribution in [2.75, 3.05) is 0 Å². The molecule has 0 spiro atoms. The second-order valence-corrected chi connectivity index (χ2v) is 4.90. The number of carbonyl (C=O) groups is 3. The van der Waals surface area contributed by atoms with Gasteiger partial charge in [-0.05, 0) is 18.4 Å². The average Bonchev–Trinajstić information content (AvgIpc) is 2.80. The lowest BCUT2D eigenvalue weighted by Crippen LogP contribution is -2.48. The van der Waals surface area contributed by atoms with Crippen LogP contribution in [0.2, 0.25) is 0 Å². The Morgan fingerprint density at radius 2 is 2.11 bits per heavy atom. The van der Waals surface area contributed by atoms with Gasteiger partial charge >= 0.3 is 12.0 Å². The first-order chi connectivity index (χ1) is 8.90. The second-order valence-electron chi connectivity index (χ2n) is 3.92. The number of rotatable bonds is 6. The Hall–Kier alpha value is -2.09. The molecule has 2 atom stereocenters. The van der Waals surface area contributed by atoms with E-state index in [-0.39, 0.29) is 6.04 Å². The largest absolute Gasteiger partial charge is 0.480 e. The van der Waals surface area contributed by atoms with Gasteiger partial charge in [0.25, 0.3) is 0 Å². The standard InChI is InChI=1S/C11H15N3O4S/c1-6(8-3-2-4-19-8)13-11(18)14-7(10(16)17)5-9(12)15/h2-4,6-7H,5H2,1H3,(H2,12,15)(H,16,17)(H2,13,14,18)/t6?,7-/m1/s1. The number of hydrogen-bond donors (Lipinski definition) is 4. The maximum Gasteiger partial charge on any atom is 0.326 e. The van der Waals surface area contributed by atoms with E-state index in [1.54, 1.807) is 6.92 Å². The number of carbonyl (C=O) groups excluding carboxylic acids is 2. The molecule has 0 saturated carbocycles. The summed E-state index contributed by atoms with van der Waals surface area (Å²) in [6, 6.07) is 1.47. The first-order valence-corrected chi connectivity index (χ1v) is 6.39. The van der Waals surface area contributed by atoms with Gasteiger partial charge in [0.05, 0.1) is 12.5 Å². The minimum Gasteiger partial charge on any atom is -0.480 e. The summed E-state index contributed by atoms with van der Waals surface area (Å²) in [7, 11) is 0. The third-order valence-corrected chi connectivity index (χ3v) is 3.38. The van der Waals surface area contributed by atoms with Gasteiger partial charge in [-0.3, -0.25) is 4.79 Å². The van der Waals surface area contributed by atoms with Gasteiger partial charge in [-0.2, -0.15) is 0 Å². The first kappa shape index (κ1) is 15.0. The molecule has 3 amide bonds. The van der Waals surface area contributed by atoms with Gasteiger partial charge in [0.1, 0.15) is 6.04 Å². The molecule has 1 aromatic rings. The number of primary amides is 1. The summed E-state index contributed by atoms with van der Waals surface area (Å²) >= 11 is 1.48. The summed E-state index contributed by atoms with van der Waals surface area (Å²) in [4.78, 5) is 34.1. The van der Waals surface area contributed by atoms with Crippen molar-refractivity contribution in [2.45, 2.75) is 25.4 Å². The number of aliphatic carboxylic acids is 1. The molecule has 0 fully saturated rings. The van der Waals surface area contributed by atoms with Crippen LogP contribution in [0.3, 0.4) is 0 Å². The lowest BCUT2D eigenvalue weighted by molar-refractivity contribution is -0.140. The number of carboxylic acids is 1. The van der Waals surface area contributed by atoms with Gasteiger partial charge < -0.3 is 21.5 Å². The Bertz CT molecular complexity index is 461. The molecule has 19 heavy (non-hydrogen) atoms. The van der Waals surface area contributed by atoms with E-state index in [9.17, 15) is 14.4 Å². The molecule has 0 aliphatic rings. The third-order valence-electron chi connectivity index (χ3n) is 2.33. The van der Waals surface area contributed by atoms with Crippen LogP contribution in [0.4, 0.5) is 4.79 Å². The Kier molecular flexibility index (Phi) is 5.31. The van der Waals surface area contributed by atoms with Crippen molar-refractivity contribution in [3.05, 3.63) is 22.4 Å². The summed E-state index contributed by atoms with van der Waals surface area (Å²) in [6.07, 6.45) is -0.448. The van der Waals surface area contributed by atoms with Gasteiger partial charge in [-0.15, -0.1) is 11.3 Å². The van der Waals surface area contributed by atoms with Crippen LogP contribution in [0.25, 0.3) is 0 Å². The molecule has 1 heterocycles. The van der Waals surface area contributed by atoms with E-state index in [0.29, 0.717) is 0 Å². The molecule has 0 bridgehead atoms. The van der Waals surface area contributed by atoms with Crippen molar-refractivity contribution in [3.63, 3.8) is 0 Å². The highest BCUT2D eigenvalue weighted by atomic mass is 32.1. The lowest BCUT2D eigenvalue weighted by Gasteiger charge is -2.16. The molecule has 0 aliphatic carbocycles. The zero-order valence-electron chi connectivity index (χ0n) is 10.3. The smallest absolute Gasteiger partial charge is 0.326 e. The van der Waals surface area contributed by atoms with Crippen molar-refractivity contribution < 1.29 is 19.5 Å². The molecule has 5 N–H and O–H groups in total. The Labute approximate surface area is 113 Å². The number of nitrogens with two attached hydrogens (primary N) is 1. The van der Waals surface area contributed by atoms with Gasteiger partial charge in [-0.1, -0.05) is 6.07 Å². The minimum absolute atomic E-state index is 0.247. The number of hydrogen-bond acceptors (Lipinski definition) is 4. The predicted molar refractivity (Wildman–Crippen MR) is 69.6 cm³/mol. The van der Waals surface area contributed by atoms with Crippen molar-refractivity contribution in [1.29, 1.82) is 0 Å². The van der Waals surface area contributed by atoms with Crippen molar-refractivity contribution >= 4 is 29.2 Å². The quantitative estimate of drug-likeness (QED) is 0.605. The highest BCUT2D eigenvalue weighted by molar-refractivity contribution is 7.10. The van der Waals surface area contributed by atoms with E-state index in [0.717, 1.165) is 4.88 Å². The maximum absolute atomic E-state index is 11.6. The van der Waals surface area contributed by atoms with Crippen LogP contribution in [-0.2, 0) is 9.59 Å². The van der Waals surface area contributed by atoms with Crippen LogP contribution in [0.5, 0.6) is 0 Å². The van der Waals surface area contributed by atoms with Crippen LogP contribution in [0.1, 0.15) is 24.3 Å². The van der Waals surface area contributed by atoms with E-state index in [4.69, 9.17) is 10.8 Å². The Balaban J connectivity index is 2.53. The molecule has 1 rings (SSSR count). The van der Waals surface area contributed by atoms with Crippen LogP contribution in [0.15, 0.2) is 17.5 Å². The monoisotopic (exact) mass is 285 g/mol. The molecule has 7 nitrogen and oxygen atoms in total. The zero-order valence-corrected chi connectivity index (χ0v) is 11.1. The predicted octanol–water partition coefficient (Wildman–Crippen LogP) is 0.437. The topological polar surface area (TPSA) is 122 Å². The van der Waals surface area contributed by atoms with Gasteiger partial charge in [0, 0.05) is 4.88 Å². The highest BCUT2D eigenvalue weighted by Gasteiger charge is 2.22. The van der Waals surface area contributed by atoms with E-state index in [1.165, 1.54) is 11.3 Å². The SMILES string of the molecule is CC(NC(=O)N[C@H](CC(N)=O)C(=O)O)c1cccs1. The zero-order chi connectivity index (χ0) is 14.4. The lowest BCUT2D eigenvalue weighted by atomic mass is 10.2. The van der Waals surface area contributed by atoms with Gasteiger partial charge in [-0.25, -0.2) is 9.59 Å². The molecule has 0 saturated heterocycles. The van der Waals surface area contributed by atoms with Gasteiger partial charge in [0.2, 0.25) is 5.91 Å². The Morgan fingerprint density at radius 3 is 2.58 bits per heavy atom.